The average molecular weight is 336 g/mol. The highest BCUT2D eigenvalue weighted by atomic mass is 16.2. The van der Waals surface area contributed by atoms with Crippen molar-refractivity contribution in [1.82, 2.24) is 25.5 Å². The van der Waals surface area contributed by atoms with Crippen LogP contribution in [-0.4, -0.2) is 26.2 Å². The van der Waals surface area contributed by atoms with Crippen molar-refractivity contribution in [1.29, 1.82) is 0 Å². The normalized spacial score (nSPS) is 10.5. The summed E-state index contributed by atoms with van der Waals surface area (Å²) < 4.78 is 1.61. The third kappa shape index (κ3) is 4.00. The van der Waals surface area contributed by atoms with Crippen LogP contribution in [0.15, 0.2) is 42.5 Å². The zero-order chi connectivity index (χ0) is 17.8. The lowest BCUT2D eigenvalue weighted by molar-refractivity contribution is 0.251. The van der Waals surface area contributed by atoms with E-state index in [4.69, 9.17) is 0 Å². The van der Waals surface area contributed by atoms with Crippen LogP contribution >= 0.6 is 0 Å². The van der Waals surface area contributed by atoms with Gasteiger partial charge in [-0.25, -0.2) is 4.79 Å². The van der Waals surface area contributed by atoms with Gasteiger partial charge in [0, 0.05) is 5.69 Å². The summed E-state index contributed by atoms with van der Waals surface area (Å²) in [5.74, 6) is 0.555. The topological polar surface area (TPSA) is 84.7 Å². The number of anilines is 1. The molecule has 128 valence electrons. The minimum Gasteiger partial charge on any atom is -0.330 e. The Morgan fingerprint density at radius 2 is 1.80 bits per heavy atom. The molecule has 0 radical (unpaired) electrons. The maximum Gasteiger partial charge on any atom is 0.319 e. The molecule has 7 heteroatoms. The van der Waals surface area contributed by atoms with Crippen LogP contribution in [0.25, 0.3) is 5.69 Å². The Bertz CT molecular complexity index is 885. The number of hydrogen-bond acceptors (Lipinski definition) is 4. The second kappa shape index (κ2) is 7.12. The second-order valence-corrected chi connectivity index (χ2v) is 5.95. The van der Waals surface area contributed by atoms with Gasteiger partial charge in [0.2, 0.25) is 0 Å². The number of amides is 2. The van der Waals surface area contributed by atoms with Crippen LogP contribution in [0.2, 0.25) is 0 Å². The van der Waals surface area contributed by atoms with Gasteiger partial charge in [-0.1, -0.05) is 23.8 Å². The van der Waals surface area contributed by atoms with Crippen molar-refractivity contribution in [2.45, 2.75) is 27.3 Å². The Morgan fingerprint density at radius 1 is 1.04 bits per heavy atom. The fourth-order valence-electron chi connectivity index (χ4n) is 2.36. The number of nitrogens with one attached hydrogen (secondary N) is 2. The number of nitrogens with zero attached hydrogens (tertiary/aromatic N) is 4. The highest BCUT2D eigenvalue weighted by molar-refractivity contribution is 5.89. The number of benzene rings is 2. The Morgan fingerprint density at radius 3 is 2.52 bits per heavy atom. The number of aromatic nitrogens is 4. The van der Waals surface area contributed by atoms with Crippen molar-refractivity contribution >= 4 is 11.7 Å². The van der Waals surface area contributed by atoms with Crippen LogP contribution in [0.5, 0.6) is 0 Å². The van der Waals surface area contributed by atoms with Crippen molar-refractivity contribution in [2.24, 2.45) is 0 Å². The van der Waals surface area contributed by atoms with Gasteiger partial charge in [0.25, 0.3) is 0 Å². The molecule has 7 nitrogen and oxygen atoms in total. The molecule has 0 aliphatic carbocycles. The van der Waals surface area contributed by atoms with Gasteiger partial charge < -0.3 is 10.6 Å². The first-order chi connectivity index (χ1) is 12.0. The third-order valence-corrected chi connectivity index (χ3v) is 3.98. The number of tetrazole rings is 1. The molecule has 2 aromatic carbocycles. The Hall–Kier alpha value is -3.22. The van der Waals surface area contributed by atoms with Crippen molar-refractivity contribution in [3.05, 3.63) is 65.0 Å². The molecule has 25 heavy (non-hydrogen) atoms. The van der Waals surface area contributed by atoms with Gasteiger partial charge in [-0.05, 0) is 66.6 Å². The van der Waals surface area contributed by atoms with Crippen LogP contribution in [0.4, 0.5) is 10.5 Å². The van der Waals surface area contributed by atoms with Gasteiger partial charge in [0.15, 0.2) is 5.82 Å². The number of aryl methyl sites for hydroxylation is 3. The quantitative estimate of drug-likeness (QED) is 0.767. The van der Waals surface area contributed by atoms with E-state index in [2.05, 4.69) is 26.2 Å². The Kier molecular flexibility index (Phi) is 4.74. The fraction of sp³-hybridized carbons (Fsp3) is 0.222. The molecule has 0 bridgehead atoms. The van der Waals surface area contributed by atoms with Gasteiger partial charge in [-0.3, -0.25) is 0 Å². The van der Waals surface area contributed by atoms with Gasteiger partial charge in [0.1, 0.15) is 0 Å². The zero-order valence-corrected chi connectivity index (χ0v) is 14.4. The predicted molar refractivity (Wildman–Crippen MR) is 95.7 cm³/mol. The van der Waals surface area contributed by atoms with E-state index in [-0.39, 0.29) is 12.6 Å². The maximum absolute atomic E-state index is 12.1. The van der Waals surface area contributed by atoms with E-state index in [9.17, 15) is 4.79 Å². The van der Waals surface area contributed by atoms with E-state index in [1.54, 1.807) is 4.68 Å². The molecule has 2 amide bonds. The zero-order valence-electron chi connectivity index (χ0n) is 14.4. The third-order valence-electron chi connectivity index (χ3n) is 3.98. The van der Waals surface area contributed by atoms with Gasteiger partial charge >= 0.3 is 6.03 Å². The van der Waals surface area contributed by atoms with E-state index in [0.29, 0.717) is 5.82 Å². The number of hydrogen-bond donors (Lipinski definition) is 2. The number of urea groups is 1. The first-order valence-electron chi connectivity index (χ1n) is 7.99. The summed E-state index contributed by atoms with van der Waals surface area (Å²) in [5.41, 5.74) is 5.06. The van der Waals surface area contributed by atoms with Crippen LogP contribution in [0.1, 0.15) is 22.5 Å². The number of rotatable bonds is 4. The molecule has 0 aliphatic heterocycles. The summed E-state index contributed by atoms with van der Waals surface area (Å²) in [6.45, 7) is 6.28. The standard InChI is InChI=1S/C18H20N6O/c1-12-4-8-16(9-5-12)24-17(21-22-23-24)11-19-18(25)20-15-7-6-13(2)14(3)10-15/h4-10H,11H2,1-3H3,(H2,19,20,25). The molecular weight excluding hydrogens is 316 g/mol. The molecular formula is C18H20N6O. The number of carbonyl (C=O) groups excluding carboxylic acids is 1. The van der Waals surface area contributed by atoms with Crippen LogP contribution in [-0.2, 0) is 6.54 Å². The molecule has 0 aliphatic rings. The van der Waals surface area contributed by atoms with E-state index < -0.39 is 0 Å². The molecule has 1 heterocycles. The summed E-state index contributed by atoms with van der Waals surface area (Å²) in [6, 6.07) is 13.3. The SMILES string of the molecule is Cc1ccc(-n2nnnc2CNC(=O)Nc2ccc(C)c(C)c2)cc1. The monoisotopic (exact) mass is 336 g/mol. The summed E-state index contributed by atoms with van der Waals surface area (Å²) >= 11 is 0. The largest absolute Gasteiger partial charge is 0.330 e. The van der Waals surface area contributed by atoms with Crippen molar-refractivity contribution in [3.63, 3.8) is 0 Å². The summed E-state index contributed by atoms with van der Waals surface area (Å²) in [4.78, 5) is 12.1. The van der Waals surface area contributed by atoms with Crippen molar-refractivity contribution in [2.75, 3.05) is 5.32 Å². The van der Waals surface area contributed by atoms with Gasteiger partial charge in [-0.2, -0.15) is 4.68 Å². The molecule has 0 saturated carbocycles. The van der Waals surface area contributed by atoms with Crippen LogP contribution < -0.4 is 10.6 Å². The lowest BCUT2D eigenvalue weighted by Gasteiger charge is -2.09. The summed E-state index contributed by atoms with van der Waals surface area (Å²) in [7, 11) is 0. The minimum atomic E-state index is -0.304. The molecule has 0 atom stereocenters. The molecule has 0 unspecified atom stereocenters. The van der Waals surface area contributed by atoms with E-state index in [0.717, 1.165) is 22.5 Å². The molecule has 3 rings (SSSR count). The van der Waals surface area contributed by atoms with Gasteiger partial charge in [0.05, 0.1) is 12.2 Å². The smallest absolute Gasteiger partial charge is 0.319 e. The van der Waals surface area contributed by atoms with Crippen LogP contribution in [0.3, 0.4) is 0 Å². The first-order valence-corrected chi connectivity index (χ1v) is 7.99. The number of carbonyl (C=O) groups is 1. The average Bonchev–Trinajstić information content (AvgIpc) is 3.06. The Balaban J connectivity index is 1.64. The first kappa shape index (κ1) is 16.6. The fourth-order valence-corrected chi connectivity index (χ4v) is 2.36. The highest BCUT2D eigenvalue weighted by Gasteiger charge is 2.10. The van der Waals surface area contributed by atoms with E-state index >= 15 is 0 Å². The molecule has 0 spiro atoms. The van der Waals surface area contributed by atoms with E-state index in [1.807, 2.05) is 63.2 Å². The molecule has 0 saturated heterocycles. The molecule has 0 fully saturated rings. The molecule has 3 aromatic rings. The van der Waals surface area contributed by atoms with E-state index in [1.165, 1.54) is 5.56 Å². The lowest BCUT2D eigenvalue weighted by atomic mass is 10.1. The maximum atomic E-state index is 12.1. The van der Waals surface area contributed by atoms with Crippen molar-refractivity contribution in [3.8, 4) is 5.69 Å². The Labute approximate surface area is 146 Å². The lowest BCUT2D eigenvalue weighted by Crippen LogP contribution is -2.29. The highest BCUT2D eigenvalue weighted by Crippen LogP contribution is 2.14. The van der Waals surface area contributed by atoms with Crippen LogP contribution in [0, 0.1) is 20.8 Å². The molecule has 1 aromatic heterocycles. The molecule has 2 N–H and O–H groups in total. The second-order valence-electron chi connectivity index (χ2n) is 5.95. The summed E-state index contributed by atoms with van der Waals surface area (Å²) in [6.07, 6.45) is 0. The minimum absolute atomic E-state index is 0.220. The van der Waals surface area contributed by atoms with Crippen molar-refractivity contribution < 1.29 is 4.79 Å². The predicted octanol–water partition coefficient (Wildman–Crippen LogP) is 2.91. The summed E-state index contributed by atoms with van der Waals surface area (Å²) in [5, 5.41) is 17.2. The van der Waals surface area contributed by atoms with Gasteiger partial charge in [-0.15, -0.1) is 5.10 Å².